The van der Waals surface area contributed by atoms with E-state index in [-0.39, 0.29) is 16.2 Å². The fraction of sp³-hybridized carbons (Fsp3) is 0.538. The van der Waals surface area contributed by atoms with E-state index in [0.717, 1.165) is 20.1 Å². The maximum absolute atomic E-state index is 13.4. The number of nitrogens with zero attached hydrogens (tertiary/aromatic N) is 2. The summed E-state index contributed by atoms with van der Waals surface area (Å²) in [5.41, 5.74) is 3.69. The maximum Gasteiger partial charge on any atom is 0.332 e. The summed E-state index contributed by atoms with van der Waals surface area (Å²) in [4.78, 5) is 25.7. The molecular weight excluding hydrogens is 607 g/mol. The van der Waals surface area contributed by atoms with E-state index in [1.54, 1.807) is 19.1 Å². The van der Waals surface area contributed by atoms with Gasteiger partial charge in [-0.1, -0.05) is 38.5 Å². The molecule has 1 saturated heterocycles. The monoisotopic (exact) mass is 643 g/mol. The molecule has 16 heteroatoms. The Hall–Kier alpha value is -2.60. The molecule has 0 saturated carbocycles. The van der Waals surface area contributed by atoms with E-state index >= 15 is 0 Å². The number of ether oxygens (including phenoxy) is 1. The highest BCUT2D eigenvalue weighted by molar-refractivity contribution is 7.90. The molecule has 2 unspecified atom stereocenters. The van der Waals surface area contributed by atoms with Crippen molar-refractivity contribution in [1.82, 2.24) is 9.13 Å². The fourth-order valence-corrected chi connectivity index (χ4v) is 8.08. The average Bonchev–Trinajstić information content (AvgIpc) is 3.29. The maximum atomic E-state index is 13.4. The van der Waals surface area contributed by atoms with Crippen LogP contribution in [0.5, 0.6) is 0 Å². The van der Waals surface area contributed by atoms with E-state index in [2.05, 4.69) is 0 Å². The van der Waals surface area contributed by atoms with E-state index in [4.69, 9.17) is 23.3 Å². The van der Waals surface area contributed by atoms with Crippen molar-refractivity contribution in [2.45, 2.75) is 81.7 Å². The Labute approximate surface area is 246 Å². The summed E-state index contributed by atoms with van der Waals surface area (Å²) in [6.07, 6.45) is -2.94. The van der Waals surface area contributed by atoms with Gasteiger partial charge >= 0.3 is 5.69 Å². The lowest BCUT2D eigenvalue weighted by atomic mass is 9.89. The van der Waals surface area contributed by atoms with Crippen molar-refractivity contribution < 1.29 is 34.4 Å². The van der Waals surface area contributed by atoms with Gasteiger partial charge in [0.05, 0.1) is 22.6 Å². The predicted molar refractivity (Wildman–Crippen MR) is 156 cm³/mol. The van der Waals surface area contributed by atoms with Crippen molar-refractivity contribution >= 4 is 28.6 Å². The van der Waals surface area contributed by atoms with Gasteiger partial charge in [-0.2, -0.15) is 16.8 Å². The van der Waals surface area contributed by atoms with Gasteiger partial charge in [-0.15, -0.1) is 0 Å². The van der Waals surface area contributed by atoms with Crippen LogP contribution < -0.4 is 17.0 Å². The highest BCUT2D eigenvalue weighted by Crippen LogP contribution is 2.51. The van der Waals surface area contributed by atoms with Crippen LogP contribution in [-0.2, 0) is 44.8 Å². The molecule has 2 aliphatic rings. The largest absolute Gasteiger partial charge is 0.406 e. The molecule has 0 bridgehead atoms. The Balaban J connectivity index is 1.89. The first kappa shape index (κ1) is 32.3. The summed E-state index contributed by atoms with van der Waals surface area (Å²) >= 11 is 0. The van der Waals surface area contributed by atoms with E-state index in [9.17, 15) is 26.4 Å². The number of nitrogens with two attached hydrogens (primary N) is 1. The Morgan fingerprint density at radius 2 is 1.71 bits per heavy atom. The SMILES string of the molecule is Cc1ccc(S(=O)(=O)OCC2O[C@@H](n3cc(C)c(=O)n(C)c3=O)[C@H](O[Si](C)(C)C(C)(C)C)C23OS(=O)(=O)C=C3N)cc1. The molecule has 2 N–H and O–H groups in total. The highest BCUT2D eigenvalue weighted by atomic mass is 32.2. The number of hydrogen-bond donors (Lipinski definition) is 1. The third kappa shape index (κ3) is 5.56. The molecule has 4 atom stereocenters. The Bertz CT molecular complexity index is 1760. The van der Waals surface area contributed by atoms with Crippen LogP contribution in [0.25, 0.3) is 0 Å². The summed E-state index contributed by atoms with van der Waals surface area (Å²) < 4.78 is 77.8. The second kappa shape index (κ2) is 10.5. The van der Waals surface area contributed by atoms with E-state index in [0.29, 0.717) is 0 Å². The van der Waals surface area contributed by atoms with Gasteiger partial charge in [0.1, 0.15) is 12.2 Å². The zero-order valence-corrected chi connectivity index (χ0v) is 27.4. The van der Waals surface area contributed by atoms with Gasteiger partial charge in [0.2, 0.25) is 0 Å². The first-order valence-electron chi connectivity index (χ1n) is 13.1. The normalized spacial score (nSPS) is 26.1. The summed E-state index contributed by atoms with van der Waals surface area (Å²) in [5, 5.41) is 0.319. The molecule has 1 spiro atoms. The molecule has 4 rings (SSSR count). The van der Waals surface area contributed by atoms with E-state index in [1.165, 1.54) is 32.3 Å². The molecule has 3 heterocycles. The van der Waals surface area contributed by atoms with Gasteiger partial charge in [-0.3, -0.25) is 18.1 Å². The number of aryl methyl sites for hydroxylation is 2. The minimum absolute atomic E-state index is 0.126. The van der Waals surface area contributed by atoms with Crippen LogP contribution in [0.15, 0.2) is 56.1 Å². The fourth-order valence-electron chi connectivity index (χ4n) is 4.66. The molecule has 42 heavy (non-hydrogen) atoms. The Morgan fingerprint density at radius 1 is 1.12 bits per heavy atom. The van der Waals surface area contributed by atoms with E-state index < -0.39 is 75.5 Å². The topological polar surface area (TPSA) is 175 Å². The Morgan fingerprint density at radius 3 is 2.24 bits per heavy atom. The molecule has 0 aliphatic carbocycles. The third-order valence-electron chi connectivity index (χ3n) is 8.11. The standard InChI is InChI=1S/C26H37N3O10S2Si/c1-16-9-11-18(12-10-16)41(34,35)36-14-20-26(19(27)15-40(32,33)39-26)21(38-42(7,8)25(3,4)5)23(37-20)29-13-17(2)22(30)28(6)24(29)31/h9-13,15,20-21,23H,14,27H2,1-8H3/t20?,21-,23+,26?/m0/s1. The van der Waals surface area contributed by atoms with Gasteiger partial charge in [-0.05, 0) is 44.1 Å². The third-order valence-corrected chi connectivity index (χ3v) is 14.9. The highest BCUT2D eigenvalue weighted by Gasteiger charge is 2.67. The molecule has 0 amide bonds. The smallest absolute Gasteiger partial charge is 0.332 e. The summed E-state index contributed by atoms with van der Waals surface area (Å²) in [7, 11) is -10.2. The van der Waals surface area contributed by atoms with E-state index in [1.807, 2.05) is 33.9 Å². The lowest BCUT2D eigenvalue weighted by molar-refractivity contribution is -0.0536. The van der Waals surface area contributed by atoms with Gasteiger partial charge in [0.15, 0.2) is 20.1 Å². The molecule has 0 radical (unpaired) electrons. The molecule has 13 nitrogen and oxygen atoms in total. The minimum Gasteiger partial charge on any atom is -0.406 e. The number of aromatic nitrogens is 2. The van der Waals surface area contributed by atoms with Crippen molar-refractivity contribution in [2.24, 2.45) is 12.8 Å². The number of hydrogen-bond acceptors (Lipinski definition) is 11. The number of benzene rings is 1. The summed E-state index contributed by atoms with van der Waals surface area (Å²) in [6.45, 7) is 12.3. The van der Waals surface area contributed by atoms with Crippen molar-refractivity contribution in [2.75, 3.05) is 6.61 Å². The van der Waals surface area contributed by atoms with Crippen LogP contribution >= 0.6 is 0 Å². The van der Waals surface area contributed by atoms with Crippen molar-refractivity contribution in [3.05, 3.63) is 73.5 Å². The van der Waals surface area contributed by atoms with Gasteiger partial charge in [0.25, 0.3) is 25.8 Å². The Kier molecular flexibility index (Phi) is 8.10. The first-order valence-corrected chi connectivity index (χ1v) is 18.9. The summed E-state index contributed by atoms with van der Waals surface area (Å²) in [5.74, 6) is 0. The molecule has 2 aliphatic heterocycles. The molecule has 1 aromatic carbocycles. The van der Waals surface area contributed by atoms with Crippen molar-refractivity contribution in [1.29, 1.82) is 0 Å². The van der Waals surface area contributed by atoms with Crippen LogP contribution in [0.4, 0.5) is 0 Å². The zero-order valence-electron chi connectivity index (χ0n) is 24.8. The van der Waals surface area contributed by atoms with Crippen molar-refractivity contribution in [3.63, 3.8) is 0 Å². The van der Waals surface area contributed by atoms with Gasteiger partial charge in [-0.25, -0.2) is 8.98 Å². The molecule has 2 aromatic rings. The quantitative estimate of drug-likeness (QED) is 0.344. The van der Waals surface area contributed by atoms with Crippen molar-refractivity contribution in [3.8, 4) is 0 Å². The first-order chi connectivity index (χ1) is 19.1. The second-order valence-corrected chi connectivity index (χ2v) is 19.9. The minimum atomic E-state index is -4.37. The van der Waals surface area contributed by atoms with Gasteiger partial charge in [0, 0.05) is 18.8 Å². The van der Waals surface area contributed by atoms with Gasteiger partial charge < -0.3 is 14.9 Å². The van der Waals surface area contributed by atoms with Crippen LogP contribution in [0.3, 0.4) is 0 Å². The lowest BCUT2D eigenvalue weighted by Gasteiger charge is -2.43. The molecule has 1 aromatic heterocycles. The second-order valence-electron chi connectivity index (χ2n) is 12.2. The molecular formula is C26H37N3O10S2Si. The van der Waals surface area contributed by atoms with Crippen LogP contribution in [-0.4, -0.2) is 58.7 Å². The number of rotatable bonds is 7. The van der Waals surface area contributed by atoms with Crippen LogP contribution in [0, 0.1) is 13.8 Å². The molecule has 232 valence electrons. The zero-order chi connectivity index (χ0) is 31.6. The predicted octanol–water partition coefficient (Wildman–Crippen LogP) is 1.76. The van der Waals surface area contributed by atoms with Crippen LogP contribution in [0.1, 0.15) is 38.1 Å². The average molecular weight is 644 g/mol. The summed E-state index contributed by atoms with van der Waals surface area (Å²) in [6, 6.07) is 5.95. The molecule has 1 fully saturated rings. The van der Waals surface area contributed by atoms with Crippen LogP contribution in [0.2, 0.25) is 18.1 Å². The lowest BCUT2D eigenvalue weighted by Crippen LogP contribution is -2.59.